The lowest BCUT2D eigenvalue weighted by molar-refractivity contribution is 0.414. The summed E-state index contributed by atoms with van der Waals surface area (Å²) in [5.41, 5.74) is 1.26. The van der Waals surface area contributed by atoms with E-state index in [1.165, 1.54) is 5.69 Å². The first-order chi connectivity index (χ1) is 10.8. The van der Waals surface area contributed by atoms with E-state index in [4.69, 9.17) is 4.74 Å². The highest BCUT2D eigenvalue weighted by molar-refractivity contribution is 7.99. The predicted octanol–water partition coefficient (Wildman–Crippen LogP) is 2.46. The van der Waals surface area contributed by atoms with Crippen LogP contribution in [0.15, 0.2) is 41.8 Å². The minimum atomic E-state index is 0.905. The van der Waals surface area contributed by atoms with Crippen molar-refractivity contribution in [3.8, 4) is 5.75 Å². The van der Waals surface area contributed by atoms with Gasteiger partial charge in [-0.15, -0.1) is 0 Å². The first-order valence-corrected chi connectivity index (χ1v) is 8.60. The Bertz CT molecular complexity index is 590. The van der Waals surface area contributed by atoms with E-state index >= 15 is 0 Å². The van der Waals surface area contributed by atoms with E-state index < -0.39 is 0 Å². The maximum Gasteiger partial charge on any atom is 0.186 e. The molecule has 1 fully saturated rings. The fourth-order valence-electron chi connectivity index (χ4n) is 2.69. The van der Waals surface area contributed by atoms with Gasteiger partial charge in [0.25, 0.3) is 0 Å². The number of rotatable bonds is 5. The van der Waals surface area contributed by atoms with Crippen LogP contribution in [0.1, 0.15) is 6.92 Å². The minimum Gasteiger partial charge on any atom is -0.497 e. The van der Waals surface area contributed by atoms with Crippen molar-refractivity contribution in [2.45, 2.75) is 12.1 Å². The fourth-order valence-corrected chi connectivity index (χ4v) is 3.40. The van der Waals surface area contributed by atoms with Gasteiger partial charge in [0.1, 0.15) is 5.75 Å². The number of hydrogen-bond donors (Lipinski definition) is 0. The Balaban J connectivity index is 1.63. The number of aromatic nitrogens is 2. The van der Waals surface area contributed by atoms with Crippen LogP contribution in [-0.4, -0.2) is 48.7 Å². The topological polar surface area (TPSA) is 33.5 Å². The summed E-state index contributed by atoms with van der Waals surface area (Å²) in [5.74, 6) is 1.95. The summed E-state index contributed by atoms with van der Waals surface area (Å²) >= 11 is 1.79. The van der Waals surface area contributed by atoms with E-state index in [2.05, 4.69) is 44.8 Å². The van der Waals surface area contributed by atoms with Crippen molar-refractivity contribution in [2.75, 3.05) is 49.0 Å². The van der Waals surface area contributed by atoms with Gasteiger partial charge in [0.05, 0.1) is 20.2 Å². The Hall–Kier alpha value is -1.82. The summed E-state index contributed by atoms with van der Waals surface area (Å²) in [6.07, 6.45) is 3.94. The van der Waals surface area contributed by atoms with Crippen LogP contribution in [0.5, 0.6) is 5.75 Å². The van der Waals surface area contributed by atoms with Gasteiger partial charge >= 0.3 is 0 Å². The molecule has 3 rings (SSSR count). The van der Waals surface area contributed by atoms with E-state index in [0.29, 0.717) is 0 Å². The highest BCUT2D eigenvalue weighted by Crippen LogP contribution is 2.21. The monoisotopic (exact) mass is 318 g/mol. The Morgan fingerprint density at radius 3 is 2.50 bits per heavy atom. The van der Waals surface area contributed by atoms with E-state index in [1.54, 1.807) is 18.9 Å². The molecule has 0 saturated carbocycles. The molecule has 0 spiro atoms. The Morgan fingerprint density at radius 1 is 1.14 bits per heavy atom. The van der Waals surface area contributed by atoms with E-state index in [1.807, 2.05) is 18.3 Å². The fraction of sp³-hybridized carbons (Fsp3) is 0.438. The maximum absolute atomic E-state index is 5.22. The van der Waals surface area contributed by atoms with Crippen LogP contribution >= 0.6 is 11.8 Å². The molecule has 0 radical (unpaired) electrons. The van der Waals surface area contributed by atoms with Crippen LogP contribution in [0.4, 0.5) is 5.69 Å². The van der Waals surface area contributed by atoms with Gasteiger partial charge in [-0.1, -0.05) is 18.7 Å². The van der Waals surface area contributed by atoms with Gasteiger partial charge in [-0.2, -0.15) is 0 Å². The molecule has 5 nitrogen and oxygen atoms in total. The van der Waals surface area contributed by atoms with Crippen molar-refractivity contribution in [3.05, 3.63) is 36.7 Å². The second kappa shape index (κ2) is 6.96. The first kappa shape index (κ1) is 15.1. The largest absolute Gasteiger partial charge is 0.497 e. The van der Waals surface area contributed by atoms with Crippen LogP contribution in [0.3, 0.4) is 0 Å². The first-order valence-electron chi connectivity index (χ1n) is 7.62. The molecule has 1 saturated heterocycles. The van der Waals surface area contributed by atoms with E-state index in [9.17, 15) is 0 Å². The molecule has 118 valence electrons. The molecule has 0 amide bonds. The molecule has 2 aromatic rings. The molecular weight excluding hydrogens is 296 g/mol. The number of nitrogens with zero attached hydrogens (tertiary/aromatic N) is 4. The summed E-state index contributed by atoms with van der Waals surface area (Å²) in [4.78, 5) is 6.85. The molecule has 1 aliphatic heterocycles. The zero-order chi connectivity index (χ0) is 15.4. The van der Waals surface area contributed by atoms with Gasteiger partial charge in [-0.25, -0.2) is 9.66 Å². The SMILES string of the molecule is CCSc1nccn1N1CCN(c2ccc(OC)cc2)CC1. The number of thioether (sulfide) groups is 1. The lowest BCUT2D eigenvalue weighted by atomic mass is 10.2. The lowest BCUT2D eigenvalue weighted by Gasteiger charge is -2.38. The van der Waals surface area contributed by atoms with Crippen LogP contribution in [-0.2, 0) is 0 Å². The molecule has 1 aromatic heterocycles. The van der Waals surface area contributed by atoms with Crippen molar-refractivity contribution in [1.29, 1.82) is 0 Å². The number of ether oxygens (including phenoxy) is 1. The van der Waals surface area contributed by atoms with E-state index in [0.717, 1.165) is 42.8 Å². The average Bonchev–Trinajstić information content (AvgIpc) is 3.04. The lowest BCUT2D eigenvalue weighted by Crippen LogP contribution is -2.51. The van der Waals surface area contributed by atoms with Crippen LogP contribution < -0.4 is 14.6 Å². The van der Waals surface area contributed by atoms with Gasteiger partial charge < -0.3 is 14.6 Å². The molecule has 0 aliphatic carbocycles. The molecule has 0 unspecified atom stereocenters. The zero-order valence-electron chi connectivity index (χ0n) is 13.1. The molecule has 0 bridgehead atoms. The number of imidazole rings is 1. The average molecular weight is 318 g/mol. The maximum atomic E-state index is 5.22. The number of anilines is 1. The Kier molecular flexibility index (Phi) is 4.77. The Morgan fingerprint density at radius 2 is 1.86 bits per heavy atom. The molecule has 6 heteroatoms. The van der Waals surface area contributed by atoms with Gasteiger partial charge in [-0.05, 0) is 30.0 Å². The van der Waals surface area contributed by atoms with Gasteiger partial charge in [-0.3, -0.25) is 0 Å². The van der Waals surface area contributed by atoms with Crippen LogP contribution in [0, 0.1) is 0 Å². The zero-order valence-corrected chi connectivity index (χ0v) is 13.9. The summed E-state index contributed by atoms with van der Waals surface area (Å²) in [5, 5.41) is 3.45. The van der Waals surface area contributed by atoms with E-state index in [-0.39, 0.29) is 0 Å². The summed E-state index contributed by atoms with van der Waals surface area (Å²) in [6, 6.07) is 8.30. The summed E-state index contributed by atoms with van der Waals surface area (Å²) < 4.78 is 7.41. The molecule has 0 atom stereocenters. The van der Waals surface area contributed by atoms with Crippen LogP contribution in [0.2, 0.25) is 0 Å². The van der Waals surface area contributed by atoms with Crippen molar-refractivity contribution >= 4 is 17.4 Å². The molecular formula is C16H22N4OS. The summed E-state index contributed by atoms with van der Waals surface area (Å²) in [6.45, 7) is 6.19. The van der Waals surface area contributed by atoms with Crippen molar-refractivity contribution in [2.24, 2.45) is 0 Å². The number of benzene rings is 1. The van der Waals surface area contributed by atoms with Crippen molar-refractivity contribution in [3.63, 3.8) is 0 Å². The standard InChI is InChI=1S/C16H22N4OS/c1-3-22-16-17-8-9-20(16)19-12-10-18(11-13-19)14-4-6-15(21-2)7-5-14/h4-9H,3,10-13H2,1-2H3. The molecule has 1 aromatic carbocycles. The molecule has 22 heavy (non-hydrogen) atoms. The van der Waals surface area contributed by atoms with Gasteiger partial charge in [0.2, 0.25) is 0 Å². The highest BCUT2D eigenvalue weighted by Gasteiger charge is 2.19. The quantitative estimate of drug-likeness (QED) is 0.791. The summed E-state index contributed by atoms with van der Waals surface area (Å²) in [7, 11) is 1.70. The van der Waals surface area contributed by atoms with Crippen LogP contribution in [0.25, 0.3) is 0 Å². The third-order valence-corrected chi connectivity index (χ3v) is 4.70. The second-order valence-corrected chi connectivity index (χ2v) is 6.36. The number of hydrogen-bond acceptors (Lipinski definition) is 5. The van der Waals surface area contributed by atoms with Crippen molar-refractivity contribution in [1.82, 2.24) is 9.66 Å². The third-order valence-electron chi connectivity index (χ3n) is 3.86. The van der Waals surface area contributed by atoms with Gasteiger partial charge in [0, 0.05) is 31.2 Å². The smallest absolute Gasteiger partial charge is 0.186 e. The van der Waals surface area contributed by atoms with Crippen molar-refractivity contribution < 1.29 is 4.74 Å². The highest BCUT2D eigenvalue weighted by atomic mass is 32.2. The second-order valence-electron chi connectivity index (χ2n) is 5.13. The molecule has 0 N–H and O–H groups in total. The minimum absolute atomic E-state index is 0.905. The number of piperazine rings is 1. The predicted molar refractivity (Wildman–Crippen MR) is 91.8 cm³/mol. The normalized spacial score (nSPS) is 15.2. The molecule has 1 aliphatic rings. The molecule has 2 heterocycles. The third kappa shape index (κ3) is 3.16. The Labute approximate surface area is 135 Å². The van der Waals surface area contributed by atoms with Gasteiger partial charge in [0.15, 0.2) is 5.16 Å². The number of methoxy groups -OCH3 is 1.